The Balaban J connectivity index is 2.32. The van der Waals surface area contributed by atoms with E-state index in [1.807, 2.05) is 41.5 Å². The number of allylic oxidation sites excluding steroid dienone is 4. The molecule has 0 unspecified atom stereocenters. The first-order chi connectivity index (χ1) is 12.5. The van der Waals surface area contributed by atoms with Crippen molar-refractivity contribution in [2.24, 2.45) is 17.0 Å². The van der Waals surface area contributed by atoms with Crippen molar-refractivity contribution < 1.29 is 17.5 Å². The molecule has 0 fully saturated rings. The maximum Gasteiger partial charge on any atom is 0.358 e. The zero-order valence-corrected chi connectivity index (χ0v) is 17.5. The van der Waals surface area contributed by atoms with Crippen LogP contribution >= 0.6 is 0 Å². The van der Waals surface area contributed by atoms with Gasteiger partial charge in [0, 0.05) is 11.1 Å². The molecule has 0 saturated carbocycles. The number of benzene rings is 1. The number of hydrogen-bond acceptors (Lipinski definition) is 5. The standard InChI is InChI=1S/C21H27NO4S/c1-13(2)16-7-9-18(10-8-16)27(24,25)26-22-17-11-19(14(3)4)21(23)20(12-17)15(5)6/h7-15H,1-6H3. The Kier molecular flexibility index (Phi) is 6.42. The van der Waals surface area contributed by atoms with E-state index in [-0.39, 0.29) is 22.5 Å². The molecule has 0 heterocycles. The maximum atomic E-state index is 12.5. The smallest absolute Gasteiger partial charge is 0.289 e. The molecule has 0 saturated heterocycles. The quantitative estimate of drug-likeness (QED) is 0.526. The minimum atomic E-state index is -4.02. The number of Topliss-reactive ketones (excluding diaryl/α,β-unsaturated/α-hetero) is 1. The highest BCUT2D eigenvalue weighted by Crippen LogP contribution is 2.25. The second kappa shape index (κ2) is 8.21. The molecule has 27 heavy (non-hydrogen) atoms. The molecule has 0 amide bonds. The van der Waals surface area contributed by atoms with Crippen molar-refractivity contribution in [3.8, 4) is 0 Å². The van der Waals surface area contributed by atoms with Crippen molar-refractivity contribution >= 4 is 21.6 Å². The lowest BCUT2D eigenvalue weighted by atomic mass is 9.84. The summed E-state index contributed by atoms with van der Waals surface area (Å²) in [6.07, 6.45) is 3.19. The fourth-order valence-corrected chi connectivity index (χ4v) is 3.46. The summed E-state index contributed by atoms with van der Waals surface area (Å²) < 4.78 is 29.7. The third-order valence-corrected chi connectivity index (χ3v) is 5.57. The molecule has 0 aliphatic heterocycles. The van der Waals surface area contributed by atoms with E-state index in [0.29, 0.717) is 22.8 Å². The molecule has 146 valence electrons. The monoisotopic (exact) mass is 389 g/mol. The summed E-state index contributed by atoms with van der Waals surface area (Å²) in [5.41, 5.74) is 2.56. The summed E-state index contributed by atoms with van der Waals surface area (Å²) in [6.45, 7) is 11.7. The third kappa shape index (κ3) is 4.95. The molecular weight excluding hydrogens is 362 g/mol. The van der Waals surface area contributed by atoms with Gasteiger partial charge in [-0.2, -0.15) is 8.42 Å². The van der Waals surface area contributed by atoms with E-state index in [4.69, 9.17) is 4.28 Å². The van der Waals surface area contributed by atoms with Crippen LogP contribution in [0.3, 0.4) is 0 Å². The average Bonchev–Trinajstić information content (AvgIpc) is 2.60. The van der Waals surface area contributed by atoms with Gasteiger partial charge in [-0.1, -0.05) is 58.8 Å². The van der Waals surface area contributed by atoms with Crippen LogP contribution in [-0.4, -0.2) is 19.9 Å². The van der Waals surface area contributed by atoms with E-state index in [0.717, 1.165) is 5.56 Å². The lowest BCUT2D eigenvalue weighted by Crippen LogP contribution is -2.21. The Morgan fingerprint density at radius 3 is 1.70 bits per heavy atom. The van der Waals surface area contributed by atoms with Crippen LogP contribution in [0.15, 0.2) is 57.6 Å². The van der Waals surface area contributed by atoms with E-state index in [1.54, 1.807) is 24.3 Å². The van der Waals surface area contributed by atoms with Crippen LogP contribution in [0.2, 0.25) is 0 Å². The zero-order valence-electron chi connectivity index (χ0n) is 16.7. The predicted octanol–water partition coefficient (Wildman–Crippen LogP) is 4.62. The lowest BCUT2D eigenvalue weighted by molar-refractivity contribution is -0.113. The molecule has 0 atom stereocenters. The van der Waals surface area contributed by atoms with Gasteiger partial charge in [0.2, 0.25) is 0 Å². The Bertz CT molecular complexity index is 872. The highest BCUT2D eigenvalue weighted by Gasteiger charge is 2.25. The van der Waals surface area contributed by atoms with Crippen molar-refractivity contribution in [2.45, 2.75) is 52.4 Å². The fourth-order valence-electron chi connectivity index (χ4n) is 2.72. The van der Waals surface area contributed by atoms with Crippen molar-refractivity contribution in [2.75, 3.05) is 0 Å². The summed E-state index contributed by atoms with van der Waals surface area (Å²) >= 11 is 0. The molecule has 0 radical (unpaired) electrons. The Morgan fingerprint density at radius 2 is 1.30 bits per heavy atom. The third-order valence-electron chi connectivity index (χ3n) is 4.45. The van der Waals surface area contributed by atoms with Gasteiger partial charge in [0.05, 0.1) is 0 Å². The molecule has 0 spiro atoms. The summed E-state index contributed by atoms with van der Waals surface area (Å²) in [5.74, 6) is 0.295. The average molecular weight is 390 g/mol. The lowest BCUT2D eigenvalue weighted by Gasteiger charge is -2.19. The van der Waals surface area contributed by atoms with Crippen LogP contribution in [0.4, 0.5) is 0 Å². The van der Waals surface area contributed by atoms with Gasteiger partial charge in [-0.3, -0.25) is 9.08 Å². The van der Waals surface area contributed by atoms with Crippen LogP contribution < -0.4 is 0 Å². The maximum absolute atomic E-state index is 12.5. The first-order valence-electron chi connectivity index (χ1n) is 9.12. The highest BCUT2D eigenvalue weighted by atomic mass is 32.2. The van der Waals surface area contributed by atoms with Gasteiger partial charge in [-0.05, 0) is 47.6 Å². The number of rotatable bonds is 6. The topological polar surface area (TPSA) is 72.8 Å². The van der Waals surface area contributed by atoms with Gasteiger partial charge >= 0.3 is 10.1 Å². The molecule has 1 aromatic rings. The van der Waals surface area contributed by atoms with E-state index < -0.39 is 10.1 Å². The number of hydrogen-bond donors (Lipinski definition) is 0. The normalized spacial score (nSPS) is 15.3. The van der Waals surface area contributed by atoms with E-state index in [2.05, 4.69) is 5.16 Å². The number of nitrogens with zero attached hydrogens (tertiary/aromatic N) is 1. The minimum absolute atomic E-state index is 0.00494. The van der Waals surface area contributed by atoms with E-state index in [1.165, 1.54) is 12.1 Å². The van der Waals surface area contributed by atoms with Crippen molar-refractivity contribution in [1.82, 2.24) is 0 Å². The van der Waals surface area contributed by atoms with Gasteiger partial charge < -0.3 is 0 Å². The Hall–Kier alpha value is -2.21. The van der Waals surface area contributed by atoms with Gasteiger partial charge in [-0.15, -0.1) is 0 Å². The Morgan fingerprint density at radius 1 is 0.815 bits per heavy atom. The number of oxime groups is 1. The second-order valence-electron chi connectivity index (χ2n) is 7.61. The van der Waals surface area contributed by atoms with Gasteiger partial charge in [-0.25, -0.2) is 0 Å². The summed E-state index contributed by atoms with van der Waals surface area (Å²) in [4.78, 5) is 12.6. The first-order valence-corrected chi connectivity index (χ1v) is 10.5. The molecule has 1 aromatic carbocycles. The molecule has 6 heteroatoms. The molecule has 0 N–H and O–H groups in total. The largest absolute Gasteiger partial charge is 0.358 e. The van der Waals surface area contributed by atoms with E-state index >= 15 is 0 Å². The Labute approximate surface area is 161 Å². The molecular formula is C21H27NO4S. The van der Waals surface area contributed by atoms with Crippen molar-refractivity contribution in [1.29, 1.82) is 0 Å². The van der Waals surface area contributed by atoms with Crippen molar-refractivity contribution in [3.63, 3.8) is 0 Å². The van der Waals surface area contributed by atoms with Gasteiger partial charge in [0.1, 0.15) is 10.6 Å². The number of ketones is 1. The SMILES string of the molecule is CC(C)C1=CC(=NOS(=O)(=O)c2ccc(C(C)C)cc2)C=C(C(C)C)C1=O. The zero-order chi connectivity index (χ0) is 20.4. The summed E-state index contributed by atoms with van der Waals surface area (Å²) in [7, 11) is -4.02. The van der Waals surface area contributed by atoms with Crippen LogP contribution in [0.1, 0.15) is 53.0 Å². The number of carbonyl (C=O) groups excluding carboxylic acids is 1. The second-order valence-corrected chi connectivity index (χ2v) is 9.14. The summed E-state index contributed by atoms with van der Waals surface area (Å²) in [6, 6.07) is 6.56. The summed E-state index contributed by atoms with van der Waals surface area (Å²) in [5, 5.41) is 3.81. The number of carbonyl (C=O) groups is 1. The molecule has 0 bridgehead atoms. The van der Waals surface area contributed by atoms with Crippen LogP contribution in [0, 0.1) is 11.8 Å². The van der Waals surface area contributed by atoms with Crippen molar-refractivity contribution in [3.05, 3.63) is 53.1 Å². The van der Waals surface area contributed by atoms with Crippen LogP contribution in [0.5, 0.6) is 0 Å². The highest BCUT2D eigenvalue weighted by molar-refractivity contribution is 7.86. The van der Waals surface area contributed by atoms with Crippen LogP contribution in [0.25, 0.3) is 0 Å². The molecule has 1 aliphatic carbocycles. The molecule has 5 nitrogen and oxygen atoms in total. The van der Waals surface area contributed by atoms with Gasteiger partial charge in [0.25, 0.3) is 0 Å². The molecule has 1 aliphatic rings. The molecule has 2 rings (SSSR count). The van der Waals surface area contributed by atoms with Crippen LogP contribution in [-0.2, 0) is 19.2 Å². The van der Waals surface area contributed by atoms with E-state index in [9.17, 15) is 13.2 Å². The predicted molar refractivity (Wildman–Crippen MR) is 107 cm³/mol. The fraction of sp³-hybridized carbons (Fsp3) is 0.429. The first kappa shape index (κ1) is 21.1. The minimum Gasteiger partial charge on any atom is -0.289 e. The van der Waals surface area contributed by atoms with Gasteiger partial charge in [0.15, 0.2) is 5.78 Å². The molecule has 0 aromatic heterocycles.